The lowest BCUT2D eigenvalue weighted by molar-refractivity contribution is -0.162. The molecule has 1 spiro atoms. The first kappa shape index (κ1) is 37.3. The molecule has 10 nitrogen and oxygen atoms in total. The number of benzene rings is 2. The number of ether oxygens (including phenoxy) is 2. The Labute approximate surface area is 299 Å². The number of halogens is 1. The summed E-state index contributed by atoms with van der Waals surface area (Å²) in [5.74, 6) is -3.96. The molecule has 50 heavy (non-hydrogen) atoms. The number of allylic oxidation sites excluding steroid dienone is 1. The van der Waals surface area contributed by atoms with Crippen molar-refractivity contribution in [3.63, 3.8) is 0 Å². The molecule has 3 heterocycles. The Hall–Kier alpha value is -3.99. The van der Waals surface area contributed by atoms with Crippen LogP contribution in [0.1, 0.15) is 63.7 Å². The lowest BCUT2D eigenvalue weighted by Gasteiger charge is -2.40. The van der Waals surface area contributed by atoms with Gasteiger partial charge in [-0.3, -0.25) is 19.2 Å². The first-order valence-corrected chi connectivity index (χ1v) is 17.7. The highest BCUT2D eigenvalue weighted by Gasteiger charge is 2.76. The number of fused-ring (bicyclic) bond motifs is 1. The summed E-state index contributed by atoms with van der Waals surface area (Å²) in [7, 11) is 0. The molecule has 268 valence electrons. The maximum atomic E-state index is 15.0. The maximum absolute atomic E-state index is 15.0. The largest absolute Gasteiger partial charge is 0.455 e. The van der Waals surface area contributed by atoms with Crippen molar-refractivity contribution in [2.24, 2.45) is 17.8 Å². The van der Waals surface area contributed by atoms with E-state index in [4.69, 9.17) is 21.1 Å². The van der Waals surface area contributed by atoms with Gasteiger partial charge in [0.25, 0.3) is 5.91 Å². The van der Waals surface area contributed by atoms with E-state index in [9.17, 15) is 24.3 Å². The molecular weight excluding hydrogens is 658 g/mol. The smallest absolute Gasteiger partial charge is 0.313 e. The van der Waals surface area contributed by atoms with Crippen LogP contribution in [-0.2, 0) is 28.7 Å². The van der Waals surface area contributed by atoms with Gasteiger partial charge >= 0.3 is 5.97 Å². The minimum Gasteiger partial charge on any atom is -0.455 e. The molecule has 2 bridgehead atoms. The number of aryl methyl sites for hydroxylation is 1. The summed E-state index contributed by atoms with van der Waals surface area (Å²) in [4.78, 5) is 59.8. The van der Waals surface area contributed by atoms with Crippen LogP contribution < -0.4 is 10.2 Å². The Morgan fingerprint density at radius 3 is 2.48 bits per heavy atom. The molecule has 3 aliphatic heterocycles. The molecule has 3 aliphatic rings. The molecule has 2 N–H and O–H groups in total. The second kappa shape index (κ2) is 15.5. The number of aliphatic hydroxyl groups is 1. The van der Waals surface area contributed by atoms with E-state index >= 15 is 0 Å². The molecule has 2 aromatic carbocycles. The third kappa shape index (κ3) is 6.73. The molecule has 0 radical (unpaired) electrons. The van der Waals surface area contributed by atoms with E-state index in [0.717, 1.165) is 5.56 Å². The highest BCUT2D eigenvalue weighted by atomic mass is 35.5. The van der Waals surface area contributed by atoms with Crippen LogP contribution >= 0.6 is 11.6 Å². The van der Waals surface area contributed by atoms with Crippen LogP contribution in [-0.4, -0.2) is 76.7 Å². The molecule has 0 aliphatic carbocycles. The number of likely N-dealkylation sites (tertiary alicyclic amines) is 1. The first-order chi connectivity index (χ1) is 23.9. The van der Waals surface area contributed by atoms with E-state index in [-0.39, 0.29) is 31.4 Å². The fraction of sp³-hybridized carbons (Fsp3) is 0.487. The number of hydrogen-bond donors (Lipinski definition) is 2. The number of anilines is 1. The summed E-state index contributed by atoms with van der Waals surface area (Å²) in [6, 6.07) is 12.0. The molecule has 11 heteroatoms. The molecule has 0 saturated carbocycles. The SMILES string of the molecule is C=CCCC(=O)N[C@H](C)[C@@H](OC(=O)[C@@H]1[C@@H]2CC[C@]3(O2)[C@H](C(=O)N(CC=C)c2c(C)cccc2Cl)N([C@@H](CO)C(C)C)C(=O)[C@@H]13)c1ccccc1. The van der Waals surface area contributed by atoms with E-state index in [1.807, 2.05) is 57.2 Å². The lowest BCUT2D eigenvalue weighted by atomic mass is 9.70. The second-order valence-corrected chi connectivity index (χ2v) is 14.3. The number of esters is 1. The quantitative estimate of drug-likeness (QED) is 0.190. The molecule has 5 rings (SSSR count). The van der Waals surface area contributed by atoms with Crippen LogP contribution in [0, 0.1) is 24.7 Å². The van der Waals surface area contributed by atoms with Gasteiger partial charge < -0.3 is 29.7 Å². The van der Waals surface area contributed by atoms with E-state index in [1.54, 1.807) is 31.2 Å². The number of hydrogen-bond acceptors (Lipinski definition) is 7. The zero-order valence-electron chi connectivity index (χ0n) is 29.2. The van der Waals surface area contributed by atoms with Gasteiger partial charge in [0.2, 0.25) is 11.8 Å². The maximum Gasteiger partial charge on any atom is 0.313 e. The van der Waals surface area contributed by atoms with Crippen LogP contribution in [0.3, 0.4) is 0 Å². The zero-order chi connectivity index (χ0) is 36.3. The van der Waals surface area contributed by atoms with Gasteiger partial charge in [-0.05, 0) is 56.2 Å². The Bertz CT molecular complexity index is 1600. The summed E-state index contributed by atoms with van der Waals surface area (Å²) >= 11 is 6.68. The van der Waals surface area contributed by atoms with Gasteiger partial charge in [0.1, 0.15) is 17.7 Å². The highest BCUT2D eigenvalue weighted by molar-refractivity contribution is 6.34. The normalized spacial score (nSPS) is 25.5. The standard InChI is InChI=1S/C39H48ClN3O7/c1-7-9-18-30(45)41-25(6)34(26-15-11-10-12-16-26)49-38(48)31-29-19-20-39(50-29)32(31)36(46)43(28(22-44)23(3)4)35(39)37(47)42(21-8-2)33-24(5)14-13-17-27(33)40/h7-8,10-17,23,25,28-29,31-32,34-35,44H,1-2,9,18-22H2,3-6H3,(H,41,45)/t25-,28+,29+,31-,32-,34-,35+,39-/m1/s1. The van der Waals surface area contributed by atoms with Crippen molar-refractivity contribution in [2.45, 2.75) is 89.3 Å². The number of nitrogens with one attached hydrogen (secondary N) is 1. The van der Waals surface area contributed by atoms with E-state index < -0.39 is 65.6 Å². The van der Waals surface area contributed by atoms with Crippen LogP contribution in [0.4, 0.5) is 5.69 Å². The van der Waals surface area contributed by atoms with E-state index in [0.29, 0.717) is 35.5 Å². The minimum atomic E-state index is -1.34. The Kier molecular flexibility index (Phi) is 11.5. The van der Waals surface area contributed by atoms with E-state index in [1.165, 1.54) is 9.80 Å². The Morgan fingerprint density at radius 1 is 1.14 bits per heavy atom. The summed E-state index contributed by atoms with van der Waals surface area (Å²) in [5, 5.41) is 13.9. The molecule has 8 atom stereocenters. The molecule has 3 fully saturated rings. The monoisotopic (exact) mass is 705 g/mol. The van der Waals surface area contributed by atoms with Gasteiger partial charge in [-0.25, -0.2) is 0 Å². The predicted molar refractivity (Wildman–Crippen MR) is 191 cm³/mol. The minimum absolute atomic E-state index is 0.109. The fourth-order valence-corrected chi connectivity index (χ4v) is 8.41. The number of carbonyl (C=O) groups excluding carboxylic acids is 4. The Balaban J connectivity index is 1.54. The number of carbonyl (C=O) groups is 4. The number of nitrogens with zero attached hydrogens (tertiary/aromatic N) is 2. The van der Waals surface area contributed by atoms with Gasteiger partial charge in [0.15, 0.2) is 0 Å². The topological polar surface area (TPSA) is 125 Å². The summed E-state index contributed by atoms with van der Waals surface area (Å²) in [5.41, 5.74) is 0.594. The molecule has 3 saturated heterocycles. The van der Waals surface area contributed by atoms with Crippen molar-refractivity contribution in [1.82, 2.24) is 10.2 Å². The number of aliphatic hydroxyl groups excluding tert-OH is 1. The zero-order valence-corrected chi connectivity index (χ0v) is 30.0. The summed E-state index contributed by atoms with van der Waals surface area (Å²) < 4.78 is 12.9. The van der Waals surface area contributed by atoms with Crippen LogP contribution in [0.5, 0.6) is 0 Å². The predicted octanol–water partition coefficient (Wildman–Crippen LogP) is 5.31. The highest BCUT2D eigenvalue weighted by Crippen LogP contribution is 2.60. The van der Waals surface area contributed by atoms with Crippen molar-refractivity contribution in [2.75, 3.05) is 18.1 Å². The second-order valence-electron chi connectivity index (χ2n) is 13.9. The third-order valence-corrected chi connectivity index (χ3v) is 10.7. The lowest BCUT2D eigenvalue weighted by Crippen LogP contribution is -2.60. The van der Waals surface area contributed by atoms with Crippen molar-refractivity contribution in [3.05, 3.63) is 90.0 Å². The Morgan fingerprint density at radius 2 is 1.86 bits per heavy atom. The summed E-state index contributed by atoms with van der Waals surface area (Å²) in [6.07, 6.45) is 3.28. The van der Waals surface area contributed by atoms with Crippen molar-refractivity contribution >= 4 is 41.0 Å². The van der Waals surface area contributed by atoms with Gasteiger partial charge in [0.05, 0.1) is 47.3 Å². The van der Waals surface area contributed by atoms with Crippen molar-refractivity contribution in [3.8, 4) is 0 Å². The molecule has 0 aromatic heterocycles. The van der Waals surface area contributed by atoms with E-state index in [2.05, 4.69) is 18.5 Å². The van der Waals surface area contributed by atoms with Crippen LogP contribution in [0.2, 0.25) is 5.02 Å². The van der Waals surface area contributed by atoms with Crippen molar-refractivity contribution in [1.29, 1.82) is 0 Å². The van der Waals surface area contributed by atoms with Crippen LogP contribution in [0.25, 0.3) is 0 Å². The molecule has 3 amide bonds. The molecular formula is C39H48ClN3O7. The molecule has 0 unspecified atom stereocenters. The third-order valence-electron chi connectivity index (χ3n) is 10.4. The molecule has 2 aromatic rings. The summed E-state index contributed by atoms with van der Waals surface area (Å²) in [6.45, 7) is 14.6. The van der Waals surface area contributed by atoms with Gasteiger partial charge in [-0.15, -0.1) is 13.2 Å². The van der Waals surface area contributed by atoms with Gasteiger partial charge in [-0.1, -0.05) is 80.1 Å². The van der Waals surface area contributed by atoms with Gasteiger partial charge in [-0.2, -0.15) is 0 Å². The number of amides is 3. The average molecular weight is 706 g/mol. The number of rotatable bonds is 15. The fourth-order valence-electron chi connectivity index (χ4n) is 8.09. The van der Waals surface area contributed by atoms with Crippen molar-refractivity contribution < 1.29 is 33.8 Å². The van der Waals surface area contributed by atoms with Crippen LogP contribution in [0.15, 0.2) is 73.8 Å². The van der Waals surface area contributed by atoms with Gasteiger partial charge in [0, 0.05) is 13.0 Å². The first-order valence-electron chi connectivity index (χ1n) is 17.4. The number of para-hydroxylation sites is 1. The average Bonchev–Trinajstić information content (AvgIpc) is 3.73.